The number of fused-ring (bicyclic) bond motifs is 1. The molecule has 0 saturated carbocycles. The number of hydrogen-bond acceptors (Lipinski definition) is 4. The van der Waals surface area contributed by atoms with E-state index in [0.29, 0.717) is 42.6 Å². The molecule has 24 heavy (non-hydrogen) atoms. The summed E-state index contributed by atoms with van der Waals surface area (Å²) in [4.78, 5) is 14.7. The zero-order valence-electron chi connectivity index (χ0n) is 13.3. The van der Waals surface area contributed by atoms with Crippen molar-refractivity contribution in [3.63, 3.8) is 0 Å². The Kier molecular flexibility index (Phi) is 3.62. The number of anilines is 1. The first-order valence-corrected chi connectivity index (χ1v) is 8.21. The van der Waals surface area contributed by atoms with Crippen LogP contribution in [-0.4, -0.2) is 18.2 Å². The van der Waals surface area contributed by atoms with Crippen LogP contribution >= 0.6 is 0 Å². The lowest BCUT2D eigenvalue weighted by molar-refractivity contribution is 0.0117. The Hall–Kier alpha value is -2.59. The molecule has 3 aromatic rings. The predicted octanol–water partition coefficient (Wildman–Crippen LogP) is 3.28. The Morgan fingerprint density at radius 1 is 0.958 bits per heavy atom. The van der Waals surface area contributed by atoms with E-state index in [2.05, 4.69) is 0 Å². The minimum Gasteiger partial charge on any atom is -0.462 e. The van der Waals surface area contributed by atoms with Crippen molar-refractivity contribution in [1.82, 2.24) is 0 Å². The molecule has 2 aromatic carbocycles. The minimum absolute atomic E-state index is 0.0120. The topological polar surface area (TPSA) is 53.7 Å². The van der Waals surface area contributed by atoms with Gasteiger partial charge in [-0.05, 0) is 30.5 Å². The van der Waals surface area contributed by atoms with Gasteiger partial charge in [-0.25, -0.2) is 0 Å². The number of aliphatic hydroxyl groups is 1. The van der Waals surface area contributed by atoms with E-state index >= 15 is 0 Å². The van der Waals surface area contributed by atoms with E-state index in [1.807, 2.05) is 47.4 Å². The van der Waals surface area contributed by atoms with Gasteiger partial charge >= 0.3 is 0 Å². The highest BCUT2D eigenvalue weighted by Crippen LogP contribution is 2.34. The number of piperidine rings is 1. The number of nitrogens with zero attached hydrogens (tertiary/aromatic N) is 1. The first kappa shape index (κ1) is 15.0. The van der Waals surface area contributed by atoms with Gasteiger partial charge < -0.3 is 14.4 Å². The normalized spacial score (nSPS) is 17.1. The maximum absolute atomic E-state index is 12.7. The summed E-state index contributed by atoms with van der Waals surface area (Å²) in [5, 5.41) is 11.5. The summed E-state index contributed by atoms with van der Waals surface area (Å²) >= 11 is 0. The molecule has 1 fully saturated rings. The highest BCUT2D eigenvalue weighted by molar-refractivity contribution is 5.79. The van der Waals surface area contributed by atoms with Gasteiger partial charge in [0.05, 0.1) is 11.0 Å². The Bertz CT molecular complexity index is 909. The van der Waals surface area contributed by atoms with Crippen LogP contribution < -0.4 is 10.3 Å². The van der Waals surface area contributed by atoms with E-state index in [1.54, 1.807) is 12.1 Å². The van der Waals surface area contributed by atoms with E-state index in [4.69, 9.17) is 4.42 Å². The van der Waals surface area contributed by atoms with Crippen molar-refractivity contribution in [2.75, 3.05) is 18.0 Å². The van der Waals surface area contributed by atoms with Gasteiger partial charge in [0.25, 0.3) is 0 Å². The third kappa shape index (κ3) is 2.49. The lowest BCUT2D eigenvalue weighted by Gasteiger charge is -2.39. The highest BCUT2D eigenvalue weighted by atomic mass is 16.3. The van der Waals surface area contributed by atoms with Gasteiger partial charge in [-0.15, -0.1) is 0 Å². The van der Waals surface area contributed by atoms with Crippen LogP contribution in [0.3, 0.4) is 0 Å². The number of rotatable bonds is 2. The van der Waals surface area contributed by atoms with Crippen LogP contribution in [0.4, 0.5) is 5.69 Å². The van der Waals surface area contributed by atoms with Gasteiger partial charge in [-0.2, -0.15) is 0 Å². The molecule has 2 heterocycles. The predicted molar refractivity (Wildman–Crippen MR) is 94.3 cm³/mol. The smallest absolute Gasteiger partial charge is 0.215 e. The first-order valence-electron chi connectivity index (χ1n) is 8.21. The van der Waals surface area contributed by atoms with E-state index in [9.17, 15) is 9.90 Å². The molecule has 122 valence electrons. The molecule has 0 spiro atoms. The number of benzene rings is 2. The van der Waals surface area contributed by atoms with Crippen LogP contribution in [0.15, 0.2) is 70.1 Å². The summed E-state index contributed by atoms with van der Waals surface area (Å²) < 4.78 is 5.61. The Balaban J connectivity index is 1.61. The molecule has 1 aliphatic heterocycles. The van der Waals surface area contributed by atoms with Crippen molar-refractivity contribution in [2.45, 2.75) is 18.4 Å². The molecular weight excluding hydrogens is 302 g/mol. The van der Waals surface area contributed by atoms with Crippen LogP contribution in [0.1, 0.15) is 18.4 Å². The van der Waals surface area contributed by atoms with Crippen LogP contribution in [0, 0.1) is 0 Å². The maximum Gasteiger partial charge on any atom is 0.215 e. The van der Waals surface area contributed by atoms with Gasteiger partial charge in [0.2, 0.25) is 5.43 Å². The third-order valence-corrected chi connectivity index (χ3v) is 4.90. The fourth-order valence-electron chi connectivity index (χ4n) is 3.44. The summed E-state index contributed by atoms with van der Waals surface area (Å²) in [6.07, 6.45) is 2.71. The van der Waals surface area contributed by atoms with Gasteiger partial charge in [-0.1, -0.05) is 42.5 Å². The highest BCUT2D eigenvalue weighted by Gasteiger charge is 2.34. The van der Waals surface area contributed by atoms with Crippen LogP contribution in [0.2, 0.25) is 0 Å². The molecule has 0 aliphatic carbocycles. The Morgan fingerprint density at radius 3 is 2.38 bits per heavy atom. The minimum atomic E-state index is -0.825. The van der Waals surface area contributed by atoms with Crippen molar-refractivity contribution < 1.29 is 9.52 Å². The van der Waals surface area contributed by atoms with Crippen molar-refractivity contribution in [3.05, 3.63) is 76.6 Å². The summed E-state index contributed by atoms with van der Waals surface area (Å²) in [7, 11) is 0. The average Bonchev–Trinajstić information content (AvgIpc) is 2.64. The number of para-hydroxylation sites is 1. The van der Waals surface area contributed by atoms with E-state index in [-0.39, 0.29) is 5.43 Å². The quantitative estimate of drug-likeness (QED) is 0.787. The summed E-state index contributed by atoms with van der Waals surface area (Å²) in [6, 6.07) is 17.0. The van der Waals surface area contributed by atoms with E-state index in [1.165, 1.54) is 6.26 Å². The SMILES string of the molecule is O=c1c(N2CCC(O)(c3ccccc3)CC2)coc2ccccc12. The standard InChI is InChI=1S/C20H19NO3/c22-19-16-8-4-5-9-18(16)24-14-17(19)21-12-10-20(23,11-13-21)15-6-2-1-3-7-15/h1-9,14,23H,10-13H2. The molecule has 1 N–H and O–H groups in total. The molecule has 1 aromatic heterocycles. The monoisotopic (exact) mass is 321 g/mol. The lowest BCUT2D eigenvalue weighted by Crippen LogP contribution is -2.44. The second kappa shape index (κ2) is 5.80. The fourth-order valence-corrected chi connectivity index (χ4v) is 3.44. The molecule has 0 amide bonds. The van der Waals surface area contributed by atoms with E-state index < -0.39 is 5.60 Å². The number of hydrogen-bond donors (Lipinski definition) is 1. The maximum atomic E-state index is 12.7. The molecule has 1 saturated heterocycles. The first-order chi connectivity index (χ1) is 11.7. The molecule has 0 radical (unpaired) electrons. The molecule has 0 atom stereocenters. The Labute approximate surface area is 140 Å². The average molecular weight is 321 g/mol. The van der Waals surface area contributed by atoms with Gasteiger partial charge in [-0.3, -0.25) is 4.79 Å². The Morgan fingerprint density at radius 2 is 1.62 bits per heavy atom. The molecule has 4 nitrogen and oxygen atoms in total. The second-order valence-electron chi connectivity index (χ2n) is 6.33. The van der Waals surface area contributed by atoms with Crippen molar-refractivity contribution in [3.8, 4) is 0 Å². The largest absolute Gasteiger partial charge is 0.462 e. The van der Waals surface area contributed by atoms with Crippen molar-refractivity contribution in [1.29, 1.82) is 0 Å². The molecular formula is C20H19NO3. The van der Waals surface area contributed by atoms with Crippen LogP contribution in [0.25, 0.3) is 11.0 Å². The zero-order chi connectivity index (χ0) is 16.6. The fraction of sp³-hybridized carbons (Fsp3) is 0.250. The molecule has 0 unspecified atom stereocenters. The van der Waals surface area contributed by atoms with Gasteiger partial charge in [0, 0.05) is 13.1 Å². The molecule has 0 bridgehead atoms. The molecule has 1 aliphatic rings. The van der Waals surface area contributed by atoms with Crippen LogP contribution in [0.5, 0.6) is 0 Å². The van der Waals surface area contributed by atoms with Gasteiger partial charge in [0.15, 0.2) is 0 Å². The van der Waals surface area contributed by atoms with Crippen molar-refractivity contribution >= 4 is 16.7 Å². The van der Waals surface area contributed by atoms with Crippen molar-refractivity contribution in [2.24, 2.45) is 0 Å². The lowest BCUT2D eigenvalue weighted by atomic mass is 9.84. The molecule has 4 heteroatoms. The second-order valence-corrected chi connectivity index (χ2v) is 6.33. The van der Waals surface area contributed by atoms with Crippen LogP contribution in [-0.2, 0) is 5.60 Å². The summed E-state index contributed by atoms with van der Waals surface area (Å²) in [6.45, 7) is 1.24. The summed E-state index contributed by atoms with van der Waals surface area (Å²) in [5.74, 6) is 0. The molecule has 4 rings (SSSR count). The summed E-state index contributed by atoms with van der Waals surface area (Å²) in [5.41, 5.74) is 1.28. The van der Waals surface area contributed by atoms with E-state index in [0.717, 1.165) is 5.56 Å². The third-order valence-electron chi connectivity index (χ3n) is 4.90. The zero-order valence-corrected chi connectivity index (χ0v) is 13.3. The van der Waals surface area contributed by atoms with Gasteiger partial charge in [0.1, 0.15) is 17.5 Å².